The molecule has 11 N–H and O–H groups in total. The van der Waals surface area contributed by atoms with Crippen LogP contribution in [-0.2, 0) is 25.6 Å². The second-order valence-electron chi connectivity index (χ2n) is 8.95. The van der Waals surface area contributed by atoms with Gasteiger partial charge in [0, 0.05) is 24.9 Å². The lowest BCUT2D eigenvalue weighted by molar-refractivity contribution is -0.143. The summed E-state index contributed by atoms with van der Waals surface area (Å²) in [6.45, 7) is 3.86. The third kappa shape index (κ3) is 11.8. The summed E-state index contributed by atoms with van der Waals surface area (Å²) < 4.78 is 0. The molecule has 0 fully saturated rings. The average molecular weight is 556 g/mol. The molecule has 0 saturated heterocycles. The third-order valence-electron chi connectivity index (χ3n) is 5.94. The predicted molar refractivity (Wildman–Crippen MR) is 146 cm³/mol. The molecule has 3 amide bonds. The van der Waals surface area contributed by atoms with Crippen molar-refractivity contribution in [1.29, 1.82) is 0 Å². The number of carboxylic acid groups (broad SMARTS) is 1. The topological polar surface area (TPSA) is 244 Å². The van der Waals surface area contributed by atoms with Crippen LogP contribution in [0.15, 0.2) is 17.5 Å². The number of imidazole rings is 1. The number of nitrogens with two attached hydrogens (primary N) is 3. The van der Waals surface area contributed by atoms with E-state index in [0.29, 0.717) is 30.8 Å². The van der Waals surface area contributed by atoms with Crippen LogP contribution >= 0.6 is 11.8 Å². The highest BCUT2D eigenvalue weighted by Gasteiger charge is 2.32. The largest absolute Gasteiger partial charge is 0.480 e. The quantitative estimate of drug-likeness (QED) is 0.0602. The van der Waals surface area contributed by atoms with E-state index in [-0.39, 0.29) is 31.1 Å². The molecule has 15 heteroatoms. The molecule has 5 unspecified atom stereocenters. The van der Waals surface area contributed by atoms with Crippen LogP contribution in [0, 0.1) is 5.92 Å². The zero-order valence-electron chi connectivity index (χ0n) is 22.1. The van der Waals surface area contributed by atoms with Gasteiger partial charge in [0.05, 0.1) is 12.4 Å². The molecule has 0 spiro atoms. The van der Waals surface area contributed by atoms with E-state index in [2.05, 4.69) is 30.9 Å². The number of amides is 3. The number of aromatic amines is 1. The summed E-state index contributed by atoms with van der Waals surface area (Å²) >= 11 is 1.48. The highest BCUT2D eigenvalue weighted by atomic mass is 32.2. The Hall–Kier alpha value is -3.33. The van der Waals surface area contributed by atoms with Gasteiger partial charge in [-0.25, -0.2) is 9.78 Å². The number of nitrogens with one attached hydrogen (secondary N) is 4. The van der Waals surface area contributed by atoms with Crippen LogP contribution in [-0.4, -0.2) is 87.4 Å². The molecule has 1 aromatic heterocycles. The maximum absolute atomic E-state index is 13.3. The van der Waals surface area contributed by atoms with Crippen molar-refractivity contribution in [1.82, 2.24) is 25.9 Å². The zero-order valence-corrected chi connectivity index (χ0v) is 22.9. The van der Waals surface area contributed by atoms with Gasteiger partial charge in [0.15, 0.2) is 5.96 Å². The van der Waals surface area contributed by atoms with E-state index in [4.69, 9.17) is 17.2 Å². The van der Waals surface area contributed by atoms with Crippen molar-refractivity contribution in [3.05, 3.63) is 18.2 Å². The van der Waals surface area contributed by atoms with Gasteiger partial charge in [0.25, 0.3) is 0 Å². The number of nitrogens with zero attached hydrogens (tertiary/aromatic N) is 2. The van der Waals surface area contributed by atoms with Gasteiger partial charge in [-0.3, -0.25) is 19.4 Å². The van der Waals surface area contributed by atoms with Crippen LogP contribution < -0.4 is 33.2 Å². The maximum Gasteiger partial charge on any atom is 0.326 e. The predicted octanol–water partition coefficient (Wildman–Crippen LogP) is -1.33. The number of aliphatic carboxylic acids is 1. The smallest absolute Gasteiger partial charge is 0.326 e. The second kappa shape index (κ2) is 17.2. The van der Waals surface area contributed by atoms with E-state index in [1.807, 2.05) is 13.2 Å². The van der Waals surface area contributed by atoms with Gasteiger partial charge in [-0.2, -0.15) is 11.8 Å². The number of aromatic nitrogens is 2. The highest BCUT2D eigenvalue weighted by Crippen LogP contribution is 2.10. The molecule has 0 aliphatic rings. The van der Waals surface area contributed by atoms with Gasteiger partial charge in [-0.05, 0) is 37.2 Å². The Morgan fingerprint density at radius 1 is 1.11 bits per heavy atom. The standard InChI is InChI=1S/C23H41N9O5S/c1-4-13(2)18(22(36)37)32-20(34)16(7-9-38-3)30-21(35)17(10-14-11-27-12-29-14)31-19(33)15(24)6-5-8-28-23(25)26/h11-13,15-18H,4-10,24H2,1-3H3,(H,27,29)(H,30,35)(H,31,33)(H,32,34)(H,36,37)(H4,25,26,28). The van der Waals surface area contributed by atoms with Crippen molar-refractivity contribution in [2.75, 3.05) is 18.6 Å². The summed E-state index contributed by atoms with van der Waals surface area (Å²) in [4.78, 5) is 61.5. The van der Waals surface area contributed by atoms with Crippen LogP contribution in [0.3, 0.4) is 0 Å². The first kappa shape index (κ1) is 32.7. The normalized spacial score (nSPS) is 14.8. The first-order valence-corrected chi connectivity index (χ1v) is 13.8. The molecule has 5 atom stereocenters. The molecule has 214 valence electrons. The molecular weight excluding hydrogens is 514 g/mol. The minimum Gasteiger partial charge on any atom is -0.480 e. The molecule has 0 aliphatic carbocycles. The van der Waals surface area contributed by atoms with Crippen molar-refractivity contribution in [2.45, 2.75) is 70.1 Å². The Labute approximate surface area is 226 Å². The van der Waals surface area contributed by atoms with Crippen LogP contribution in [0.25, 0.3) is 0 Å². The lowest BCUT2D eigenvalue weighted by Crippen LogP contribution is -2.58. The van der Waals surface area contributed by atoms with Gasteiger partial charge in [0.1, 0.15) is 18.1 Å². The number of aliphatic imine (C=N–C) groups is 1. The van der Waals surface area contributed by atoms with Gasteiger partial charge in [0.2, 0.25) is 17.7 Å². The van der Waals surface area contributed by atoms with Crippen LogP contribution in [0.1, 0.15) is 45.2 Å². The van der Waals surface area contributed by atoms with E-state index in [1.165, 1.54) is 24.3 Å². The van der Waals surface area contributed by atoms with Gasteiger partial charge in [-0.15, -0.1) is 0 Å². The lowest BCUT2D eigenvalue weighted by atomic mass is 9.98. The SMILES string of the molecule is CCC(C)C(NC(=O)C(CCSC)NC(=O)C(Cc1cnc[nH]1)NC(=O)C(N)CCCN=C(N)N)C(=O)O. The Bertz CT molecular complexity index is 924. The summed E-state index contributed by atoms with van der Waals surface area (Å²) in [5, 5.41) is 17.4. The first-order valence-electron chi connectivity index (χ1n) is 12.4. The molecule has 14 nitrogen and oxygen atoms in total. The number of guanidine groups is 1. The van der Waals surface area contributed by atoms with E-state index in [9.17, 15) is 24.3 Å². The molecule has 0 radical (unpaired) electrons. The molecule has 0 aromatic carbocycles. The Morgan fingerprint density at radius 3 is 2.32 bits per heavy atom. The van der Waals surface area contributed by atoms with E-state index >= 15 is 0 Å². The molecule has 1 rings (SSSR count). The van der Waals surface area contributed by atoms with E-state index < -0.39 is 47.9 Å². The van der Waals surface area contributed by atoms with Crippen molar-refractivity contribution >= 4 is 41.4 Å². The third-order valence-corrected chi connectivity index (χ3v) is 6.58. The van der Waals surface area contributed by atoms with E-state index in [1.54, 1.807) is 6.92 Å². The second-order valence-corrected chi connectivity index (χ2v) is 9.94. The summed E-state index contributed by atoms with van der Waals surface area (Å²) in [6, 6.07) is -4.08. The van der Waals surface area contributed by atoms with Crippen molar-refractivity contribution in [3.8, 4) is 0 Å². The van der Waals surface area contributed by atoms with Crippen molar-refractivity contribution in [3.63, 3.8) is 0 Å². The number of hydrogen-bond donors (Lipinski definition) is 8. The zero-order chi connectivity index (χ0) is 28.7. The Kier molecular flexibility index (Phi) is 14.8. The number of carboxylic acids is 1. The van der Waals surface area contributed by atoms with Crippen LogP contribution in [0.5, 0.6) is 0 Å². The van der Waals surface area contributed by atoms with Crippen LogP contribution in [0.4, 0.5) is 0 Å². The lowest BCUT2D eigenvalue weighted by Gasteiger charge is -2.26. The highest BCUT2D eigenvalue weighted by molar-refractivity contribution is 7.98. The number of thioether (sulfide) groups is 1. The fraction of sp³-hybridized carbons (Fsp3) is 0.652. The van der Waals surface area contributed by atoms with Crippen molar-refractivity contribution < 1.29 is 24.3 Å². The fourth-order valence-electron chi connectivity index (χ4n) is 3.47. The molecule has 38 heavy (non-hydrogen) atoms. The number of H-pyrrole nitrogens is 1. The number of hydrogen-bond acceptors (Lipinski definition) is 8. The van der Waals surface area contributed by atoms with Crippen LogP contribution in [0.2, 0.25) is 0 Å². The van der Waals surface area contributed by atoms with E-state index in [0.717, 1.165) is 0 Å². The first-order chi connectivity index (χ1) is 18.0. The number of carbonyl (C=O) groups excluding carboxylic acids is 3. The average Bonchev–Trinajstić information content (AvgIpc) is 3.39. The Balaban J connectivity index is 2.99. The minimum atomic E-state index is -1.15. The van der Waals surface area contributed by atoms with Gasteiger partial charge in [-0.1, -0.05) is 20.3 Å². The fourth-order valence-corrected chi connectivity index (χ4v) is 3.94. The Morgan fingerprint density at radius 2 is 1.76 bits per heavy atom. The molecular formula is C23H41N9O5S. The molecule has 0 bridgehead atoms. The monoisotopic (exact) mass is 555 g/mol. The van der Waals surface area contributed by atoms with Crippen molar-refractivity contribution in [2.24, 2.45) is 28.1 Å². The van der Waals surface area contributed by atoms with Gasteiger partial charge < -0.3 is 43.2 Å². The summed E-state index contributed by atoms with van der Waals surface area (Å²) in [5.74, 6) is -2.76. The molecule has 0 aliphatic heterocycles. The summed E-state index contributed by atoms with van der Waals surface area (Å²) in [5.41, 5.74) is 17.2. The molecule has 1 aromatic rings. The summed E-state index contributed by atoms with van der Waals surface area (Å²) in [7, 11) is 0. The number of carbonyl (C=O) groups is 4. The maximum atomic E-state index is 13.3. The molecule has 1 heterocycles. The summed E-state index contributed by atoms with van der Waals surface area (Å²) in [6.07, 6.45) is 6.43. The number of rotatable bonds is 18. The molecule has 0 saturated carbocycles. The van der Waals surface area contributed by atoms with Gasteiger partial charge >= 0.3 is 5.97 Å². The minimum absolute atomic E-state index is 0.0572.